The van der Waals surface area contributed by atoms with Gasteiger partial charge in [-0.25, -0.2) is 4.79 Å². The van der Waals surface area contributed by atoms with Gasteiger partial charge in [-0.1, -0.05) is 126 Å². The van der Waals surface area contributed by atoms with E-state index in [4.69, 9.17) is 28.4 Å². The summed E-state index contributed by atoms with van der Waals surface area (Å²) in [6, 6.07) is 28.5. The van der Waals surface area contributed by atoms with Gasteiger partial charge in [-0.2, -0.15) is 0 Å². The van der Waals surface area contributed by atoms with Gasteiger partial charge < -0.3 is 63.8 Å². The van der Waals surface area contributed by atoms with E-state index in [2.05, 4.69) is 91.0 Å². The Balaban J connectivity index is 0.744. The third-order valence-electron chi connectivity index (χ3n) is 19.9. The molecule has 0 unspecified atom stereocenters. The van der Waals surface area contributed by atoms with Crippen LogP contribution in [0.5, 0.6) is 23.0 Å². The fourth-order valence-corrected chi connectivity index (χ4v) is 15.6. The molecule has 1 saturated heterocycles. The zero-order valence-corrected chi connectivity index (χ0v) is 63.4. The van der Waals surface area contributed by atoms with Gasteiger partial charge in [0.25, 0.3) is 23.6 Å². The number of allylic oxidation sites excluding steroid dienone is 1. The molecule has 5 heterocycles. The highest BCUT2D eigenvalue weighted by molar-refractivity contribution is 6.76. The standard InChI is InChI=1S/C78H99N9O14Si2/c1-50(2)71(85(78(94)95)47-62-58-22-15-13-20-56(58)57-21-14-16-23-59(57)62)73(89)80-51(3)72(88)79-28-17-19-52-39-65-76(92)86(48-98-35-37-102(7,8)9)63-43-69(67(96-5)41-60(63)74(90)83(65)45-52)100-33-18-34-101-70-44-64-61(42-68(70)97-6)75(91)84-46-54(40-66(84)77(93)87(64)49-99-36-38-103(10,11)12)53-24-26-55(27-25-53)82-31-29-81(4)30-32-82/h13-17,19-27,41-46,50-51,62,65-66,71H,18,28-40,47-49H2,1-12H3,(H,79,88)(H,80,89)(H,94,95)/b19-17+/t51-,65-,66-,71-/m0/s1. The summed E-state index contributed by atoms with van der Waals surface area (Å²) in [6.45, 7) is 23.4. The van der Waals surface area contributed by atoms with Crippen LogP contribution >= 0.6 is 0 Å². The SMILES string of the molecule is COc1cc2c(cc1OCCCOc1cc3c(cc1OC)C(=O)N1C=C(c4ccc(N5CCN(C)CC5)cc4)C[C@H]1C(=O)N3COCC[Si](C)(C)C)N(COCC[Si](C)(C)C)C(=O)[C@@H]1CC(/C=C/CNC(=O)[C@H](C)NC(=O)[C@H](C(C)C)N(CC3c4ccccc4-c4ccccc43)C(=O)O)=CN1C2=O. The number of rotatable bonds is 30. The molecular weight excluding hydrogens is 1340 g/mol. The summed E-state index contributed by atoms with van der Waals surface area (Å²) in [5.41, 5.74) is 8.74. The number of ether oxygens (including phenoxy) is 6. The minimum atomic E-state index is -1.55. The Labute approximate surface area is 606 Å². The predicted octanol–water partition coefficient (Wildman–Crippen LogP) is 11.0. The molecule has 7 amide bonds. The Hall–Kier alpha value is -9.28. The zero-order valence-electron chi connectivity index (χ0n) is 61.4. The monoisotopic (exact) mass is 1440 g/mol. The van der Waals surface area contributed by atoms with Crippen molar-refractivity contribution in [3.63, 3.8) is 0 Å². The van der Waals surface area contributed by atoms with Crippen molar-refractivity contribution < 1.29 is 67.1 Å². The quantitative estimate of drug-likeness (QED) is 0.0286. The molecule has 0 aromatic heterocycles. The molecule has 5 aromatic rings. The summed E-state index contributed by atoms with van der Waals surface area (Å²) in [6.07, 6.45) is 6.45. The fraction of sp³-hybridized carbons (Fsp3) is 0.449. The van der Waals surface area contributed by atoms with E-state index < -0.39 is 70.0 Å². The Kier molecular flexibility index (Phi) is 23.4. The number of piperazine rings is 1. The molecule has 3 N–H and O–H groups in total. The van der Waals surface area contributed by atoms with Crippen molar-refractivity contribution in [2.75, 3.05) is 115 Å². The van der Waals surface area contributed by atoms with Crippen LogP contribution in [0.25, 0.3) is 16.7 Å². The minimum absolute atomic E-state index is 0.0377. The van der Waals surface area contributed by atoms with E-state index in [1.54, 1.807) is 72.5 Å². The molecule has 1 fully saturated rings. The topological polar surface area (TPSA) is 242 Å². The van der Waals surface area contributed by atoms with Gasteiger partial charge in [0, 0.05) is 124 Å². The molecule has 5 aliphatic heterocycles. The van der Waals surface area contributed by atoms with E-state index in [0.717, 1.165) is 77.3 Å². The average molecular weight is 1440 g/mol. The summed E-state index contributed by atoms with van der Waals surface area (Å²) in [7, 11) is 2.06. The maximum absolute atomic E-state index is 14.9. The van der Waals surface area contributed by atoms with Crippen LogP contribution in [-0.2, 0) is 28.7 Å². The molecule has 0 bridgehead atoms. The normalized spacial score (nSPS) is 18.1. The molecule has 4 atom stereocenters. The zero-order chi connectivity index (χ0) is 73.6. The van der Waals surface area contributed by atoms with Gasteiger partial charge >= 0.3 is 6.09 Å². The van der Waals surface area contributed by atoms with Gasteiger partial charge in [0.2, 0.25) is 11.8 Å². The van der Waals surface area contributed by atoms with E-state index >= 15 is 0 Å². The number of likely N-dealkylation sites (N-methyl/N-ethyl adjacent to an activating group) is 1. The molecule has 0 saturated carbocycles. The number of methoxy groups -OCH3 is 2. The van der Waals surface area contributed by atoms with Gasteiger partial charge in [-0.3, -0.25) is 43.5 Å². The Bertz CT molecular complexity index is 4060. The van der Waals surface area contributed by atoms with E-state index in [1.807, 2.05) is 48.5 Å². The number of carbonyl (C=O) groups excluding carboxylic acids is 6. The van der Waals surface area contributed by atoms with Gasteiger partial charge in [0.1, 0.15) is 37.6 Å². The second-order valence-electron chi connectivity index (χ2n) is 30.1. The summed E-state index contributed by atoms with van der Waals surface area (Å²) in [5, 5.41) is 16.2. The predicted molar refractivity (Wildman–Crippen MR) is 403 cm³/mol. The summed E-state index contributed by atoms with van der Waals surface area (Å²) in [4.78, 5) is 112. The number of nitrogens with one attached hydrogen (secondary N) is 2. The van der Waals surface area contributed by atoms with E-state index in [9.17, 15) is 38.7 Å². The average Bonchev–Trinajstić information content (AvgIpc) is 1.65. The number of hydrogen-bond acceptors (Lipinski definition) is 15. The van der Waals surface area contributed by atoms with E-state index in [1.165, 1.54) is 35.8 Å². The van der Waals surface area contributed by atoms with E-state index in [0.29, 0.717) is 48.8 Å². The molecular formula is C78H99N9O14Si2. The van der Waals surface area contributed by atoms with Gasteiger partial charge in [0.05, 0.1) is 49.9 Å². The van der Waals surface area contributed by atoms with Crippen LogP contribution in [0.3, 0.4) is 0 Å². The molecule has 11 rings (SSSR count). The summed E-state index contributed by atoms with van der Waals surface area (Å²) in [5.74, 6) is -2.13. The van der Waals surface area contributed by atoms with Crippen LogP contribution in [0.15, 0.2) is 127 Å². The van der Waals surface area contributed by atoms with E-state index in [-0.39, 0.29) is 98.1 Å². The molecule has 548 valence electrons. The lowest BCUT2D eigenvalue weighted by Gasteiger charge is -2.34. The minimum Gasteiger partial charge on any atom is -0.493 e. The van der Waals surface area contributed by atoms with Crippen LogP contribution in [0.1, 0.15) is 83.4 Å². The molecule has 103 heavy (non-hydrogen) atoms. The van der Waals surface area contributed by atoms with Crippen LogP contribution in [0.4, 0.5) is 21.9 Å². The van der Waals surface area contributed by atoms with Gasteiger partial charge in [-0.05, 0) is 95.2 Å². The van der Waals surface area contributed by atoms with Crippen molar-refractivity contribution in [3.8, 4) is 34.1 Å². The third-order valence-corrected chi connectivity index (χ3v) is 23.3. The Morgan fingerprint density at radius 1 is 0.631 bits per heavy atom. The number of hydrogen-bond donors (Lipinski definition) is 3. The van der Waals surface area contributed by atoms with Crippen molar-refractivity contribution in [1.29, 1.82) is 0 Å². The highest BCUT2D eigenvalue weighted by Crippen LogP contribution is 2.47. The highest BCUT2D eigenvalue weighted by Gasteiger charge is 2.46. The number of carbonyl (C=O) groups is 7. The van der Waals surface area contributed by atoms with Gasteiger partial charge in [-0.15, -0.1) is 0 Å². The maximum atomic E-state index is 14.9. The first-order chi connectivity index (χ1) is 49.2. The largest absolute Gasteiger partial charge is 0.493 e. The van der Waals surface area contributed by atoms with Crippen molar-refractivity contribution in [1.82, 2.24) is 30.2 Å². The third kappa shape index (κ3) is 17.0. The fourth-order valence-electron chi connectivity index (χ4n) is 14.0. The lowest BCUT2D eigenvalue weighted by molar-refractivity contribution is -0.132. The van der Waals surface area contributed by atoms with Crippen LogP contribution in [0.2, 0.25) is 51.4 Å². The molecule has 0 radical (unpaired) electrons. The number of amides is 7. The van der Waals surface area contributed by atoms with Crippen molar-refractivity contribution in [2.24, 2.45) is 5.92 Å². The molecule has 0 spiro atoms. The van der Waals surface area contributed by atoms with Crippen molar-refractivity contribution in [3.05, 3.63) is 155 Å². The first-order valence-corrected chi connectivity index (χ1v) is 43.1. The molecule has 5 aromatic carbocycles. The second-order valence-corrected chi connectivity index (χ2v) is 41.4. The maximum Gasteiger partial charge on any atom is 0.408 e. The Morgan fingerprint density at radius 3 is 1.65 bits per heavy atom. The number of anilines is 3. The van der Waals surface area contributed by atoms with Crippen molar-refractivity contribution >= 4 is 80.3 Å². The first kappa shape index (κ1) is 74.9. The first-order valence-electron chi connectivity index (χ1n) is 35.7. The van der Waals surface area contributed by atoms with Crippen LogP contribution in [0, 0.1) is 5.92 Å². The molecule has 25 heteroatoms. The summed E-state index contributed by atoms with van der Waals surface area (Å²) < 4.78 is 37.1. The van der Waals surface area contributed by atoms with Crippen LogP contribution < -0.4 is 44.3 Å². The number of carboxylic acid groups (broad SMARTS) is 1. The number of fused-ring (bicyclic) bond motifs is 7. The second kappa shape index (κ2) is 32.2. The van der Waals surface area contributed by atoms with Crippen molar-refractivity contribution in [2.45, 2.75) is 121 Å². The molecule has 23 nitrogen and oxygen atoms in total. The lowest BCUT2D eigenvalue weighted by Crippen LogP contribution is -2.56. The number of nitrogens with zero attached hydrogens (tertiary/aromatic N) is 7. The number of benzene rings is 5. The van der Waals surface area contributed by atoms with Gasteiger partial charge in [0.15, 0.2) is 23.0 Å². The lowest BCUT2D eigenvalue weighted by atomic mass is 9.94. The highest BCUT2D eigenvalue weighted by atomic mass is 28.3. The summed E-state index contributed by atoms with van der Waals surface area (Å²) >= 11 is 0. The molecule has 6 aliphatic rings. The van der Waals surface area contributed by atoms with Crippen LogP contribution in [-0.4, -0.2) is 207 Å². The Morgan fingerprint density at radius 2 is 1.15 bits per heavy atom. The molecule has 1 aliphatic carbocycles. The smallest absolute Gasteiger partial charge is 0.408 e.